The van der Waals surface area contributed by atoms with E-state index in [1.807, 2.05) is 60.0 Å². The monoisotopic (exact) mass is 294 g/mol. The van der Waals surface area contributed by atoms with Crippen LogP contribution in [0.1, 0.15) is 15.9 Å². The summed E-state index contributed by atoms with van der Waals surface area (Å²) in [4.78, 5) is 12.1. The van der Waals surface area contributed by atoms with E-state index >= 15 is 0 Å². The molecule has 0 aliphatic carbocycles. The SMILES string of the molecule is O=Cc1ccc(OCc2ccccc2)c(-c2cccs2)c1. The van der Waals surface area contributed by atoms with E-state index in [9.17, 15) is 4.79 Å². The molecule has 1 aromatic heterocycles. The van der Waals surface area contributed by atoms with Crippen molar-refractivity contribution in [2.75, 3.05) is 0 Å². The molecule has 0 amide bonds. The average Bonchev–Trinajstić information content (AvgIpc) is 3.08. The van der Waals surface area contributed by atoms with Crippen LogP contribution in [-0.2, 0) is 6.61 Å². The van der Waals surface area contributed by atoms with Crippen molar-refractivity contribution in [3.8, 4) is 16.2 Å². The third kappa shape index (κ3) is 3.20. The van der Waals surface area contributed by atoms with Crippen LogP contribution in [0.25, 0.3) is 10.4 Å². The molecule has 1 heterocycles. The largest absolute Gasteiger partial charge is 0.488 e. The van der Waals surface area contributed by atoms with Gasteiger partial charge in [0.25, 0.3) is 0 Å². The van der Waals surface area contributed by atoms with Crippen molar-refractivity contribution >= 4 is 17.6 Å². The Morgan fingerprint density at radius 1 is 1.00 bits per heavy atom. The van der Waals surface area contributed by atoms with Gasteiger partial charge >= 0.3 is 0 Å². The quantitative estimate of drug-likeness (QED) is 0.631. The second-order valence-corrected chi connectivity index (χ2v) is 5.57. The number of rotatable bonds is 5. The summed E-state index contributed by atoms with van der Waals surface area (Å²) in [5.41, 5.74) is 2.74. The number of aldehydes is 1. The first kappa shape index (κ1) is 13.6. The summed E-state index contributed by atoms with van der Waals surface area (Å²) < 4.78 is 5.94. The number of ether oxygens (including phenoxy) is 1. The Hall–Kier alpha value is -2.39. The van der Waals surface area contributed by atoms with E-state index in [1.165, 1.54) is 0 Å². The van der Waals surface area contributed by atoms with Gasteiger partial charge in [0.2, 0.25) is 0 Å². The summed E-state index contributed by atoms with van der Waals surface area (Å²) in [7, 11) is 0. The van der Waals surface area contributed by atoms with Crippen LogP contribution < -0.4 is 4.74 Å². The molecule has 0 N–H and O–H groups in total. The van der Waals surface area contributed by atoms with E-state index in [0.717, 1.165) is 28.0 Å². The Labute approximate surface area is 127 Å². The molecule has 3 aromatic rings. The number of hydrogen-bond acceptors (Lipinski definition) is 3. The molecule has 21 heavy (non-hydrogen) atoms. The van der Waals surface area contributed by atoms with Crippen LogP contribution in [0, 0.1) is 0 Å². The summed E-state index contributed by atoms with van der Waals surface area (Å²) in [6, 6.07) is 19.6. The molecule has 0 atom stereocenters. The van der Waals surface area contributed by atoms with Gasteiger partial charge in [0.1, 0.15) is 18.6 Å². The summed E-state index contributed by atoms with van der Waals surface area (Å²) >= 11 is 1.64. The third-order valence-corrected chi connectivity index (χ3v) is 4.07. The molecular formula is C18H14O2S. The summed E-state index contributed by atoms with van der Waals surface area (Å²) in [6.45, 7) is 0.514. The van der Waals surface area contributed by atoms with E-state index in [1.54, 1.807) is 17.4 Å². The maximum Gasteiger partial charge on any atom is 0.150 e. The number of thiophene rings is 1. The van der Waals surface area contributed by atoms with Crippen LogP contribution in [0.5, 0.6) is 5.75 Å². The molecule has 0 saturated carbocycles. The number of benzene rings is 2. The topological polar surface area (TPSA) is 26.3 Å². The molecule has 2 nitrogen and oxygen atoms in total. The van der Waals surface area contributed by atoms with Crippen molar-refractivity contribution in [1.82, 2.24) is 0 Å². The van der Waals surface area contributed by atoms with Crippen molar-refractivity contribution in [2.24, 2.45) is 0 Å². The second-order valence-electron chi connectivity index (χ2n) is 4.63. The summed E-state index contributed by atoms with van der Waals surface area (Å²) in [6.07, 6.45) is 0.859. The van der Waals surface area contributed by atoms with Crippen LogP contribution in [0.15, 0.2) is 66.0 Å². The highest BCUT2D eigenvalue weighted by molar-refractivity contribution is 7.13. The lowest BCUT2D eigenvalue weighted by molar-refractivity contribution is 0.112. The van der Waals surface area contributed by atoms with Crippen molar-refractivity contribution in [1.29, 1.82) is 0 Å². The molecule has 0 saturated heterocycles. The van der Waals surface area contributed by atoms with Gasteiger partial charge < -0.3 is 4.74 Å². The standard InChI is InChI=1S/C18H14O2S/c19-12-15-8-9-17(16(11-15)18-7-4-10-21-18)20-13-14-5-2-1-3-6-14/h1-12H,13H2. The van der Waals surface area contributed by atoms with E-state index in [4.69, 9.17) is 4.74 Å². The van der Waals surface area contributed by atoms with E-state index in [-0.39, 0.29) is 0 Å². The maximum atomic E-state index is 11.0. The normalized spacial score (nSPS) is 10.3. The van der Waals surface area contributed by atoms with Gasteiger partial charge in [-0.1, -0.05) is 36.4 Å². The highest BCUT2D eigenvalue weighted by Gasteiger charge is 2.09. The van der Waals surface area contributed by atoms with Crippen molar-refractivity contribution in [2.45, 2.75) is 6.61 Å². The fourth-order valence-corrected chi connectivity index (χ4v) is 2.85. The average molecular weight is 294 g/mol. The van der Waals surface area contributed by atoms with Gasteiger partial charge in [-0.2, -0.15) is 0 Å². The van der Waals surface area contributed by atoms with Gasteiger partial charge in [-0.05, 0) is 35.2 Å². The first-order valence-electron chi connectivity index (χ1n) is 6.66. The number of carbonyl (C=O) groups excluding carboxylic acids is 1. The second kappa shape index (κ2) is 6.37. The van der Waals surface area contributed by atoms with Gasteiger partial charge in [0.15, 0.2) is 0 Å². The Bertz CT molecular complexity index is 718. The van der Waals surface area contributed by atoms with Crippen molar-refractivity contribution in [3.05, 3.63) is 77.2 Å². The van der Waals surface area contributed by atoms with Crippen molar-refractivity contribution < 1.29 is 9.53 Å². The molecule has 0 aliphatic rings. The fraction of sp³-hybridized carbons (Fsp3) is 0.0556. The molecule has 3 heteroatoms. The molecule has 104 valence electrons. The minimum atomic E-state index is 0.514. The molecule has 0 fully saturated rings. The highest BCUT2D eigenvalue weighted by atomic mass is 32.1. The first-order valence-corrected chi connectivity index (χ1v) is 7.54. The zero-order valence-electron chi connectivity index (χ0n) is 11.4. The molecular weight excluding hydrogens is 280 g/mol. The van der Waals surface area contributed by atoms with Crippen molar-refractivity contribution in [3.63, 3.8) is 0 Å². The maximum absolute atomic E-state index is 11.0. The molecule has 0 aliphatic heterocycles. The van der Waals surface area contributed by atoms with Crippen LogP contribution in [0.2, 0.25) is 0 Å². The smallest absolute Gasteiger partial charge is 0.150 e. The Kier molecular flexibility index (Phi) is 4.12. The molecule has 0 spiro atoms. The lowest BCUT2D eigenvalue weighted by Crippen LogP contribution is -1.97. The molecule has 2 aromatic carbocycles. The lowest BCUT2D eigenvalue weighted by Gasteiger charge is -2.11. The predicted octanol–water partition coefficient (Wildman–Crippen LogP) is 4.81. The van der Waals surface area contributed by atoms with E-state index in [2.05, 4.69) is 0 Å². The zero-order valence-corrected chi connectivity index (χ0v) is 12.2. The van der Waals surface area contributed by atoms with E-state index in [0.29, 0.717) is 12.2 Å². The lowest BCUT2D eigenvalue weighted by atomic mass is 10.1. The van der Waals surface area contributed by atoms with Crippen LogP contribution in [-0.4, -0.2) is 6.29 Å². The van der Waals surface area contributed by atoms with E-state index < -0.39 is 0 Å². The highest BCUT2D eigenvalue weighted by Crippen LogP contribution is 2.34. The number of carbonyl (C=O) groups is 1. The van der Waals surface area contributed by atoms with Crippen LogP contribution in [0.3, 0.4) is 0 Å². The van der Waals surface area contributed by atoms with Gasteiger partial charge in [0, 0.05) is 16.0 Å². The predicted molar refractivity (Wildman–Crippen MR) is 85.9 cm³/mol. The minimum Gasteiger partial charge on any atom is -0.488 e. The van der Waals surface area contributed by atoms with Gasteiger partial charge in [-0.15, -0.1) is 11.3 Å². The summed E-state index contributed by atoms with van der Waals surface area (Å²) in [5.74, 6) is 0.798. The zero-order chi connectivity index (χ0) is 14.5. The summed E-state index contributed by atoms with van der Waals surface area (Å²) in [5, 5.41) is 2.02. The fourth-order valence-electron chi connectivity index (χ4n) is 2.11. The molecule has 0 radical (unpaired) electrons. The Morgan fingerprint density at radius 2 is 1.86 bits per heavy atom. The minimum absolute atomic E-state index is 0.514. The van der Waals surface area contributed by atoms with Crippen LogP contribution >= 0.6 is 11.3 Å². The van der Waals surface area contributed by atoms with Gasteiger partial charge in [0.05, 0.1) is 0 Å². The Morgan fingerprint density at radius 3 is 2.57 bits per heavy atom. The van der Waals surface area contributed by atoms with Gasteiger partial charge in [-0.25, -0.2) is 0 Å². The molecule has 0 bridgehead atoms. The molecule has 3 rings (SSSR count). The van der Waals surface area contributed by atoms with Gasteiger partial charge in [-0.3, -0.25) is 4.79 Å². The Balaban J connectivity index is 1.89. The molecule has 0 unspecified atom stereocenters. The van der Waals surface area contributed by atoms with Crippen LogP contribution in [0.4, 0.5) is 0 Å². The number of hydrogen-bond donors (Lipinski definition) is 0. The third-order valence-electron chi connectivity index (χ3n) is 3.16. The first-order chi connectivity index (χ1) is 10.4.